The summed E-state index contributed by atoms with van der Waals surface area (Å²) in [4.78, 5) is 0. The van der Waals surface area contributed by atoms with Crippen LogP contribution in [0.2, 0.25) is 0 Å². The van der Waals surface area contributed by atoms with Crippen LogP contribution in [-0.4, -0.2) is 33.2 Å². The second-order valence-electron chi connectivity index (χ2n) is 3.95. The lowest BCUT2D eigenvalue weighted by atomic mass is 10.2. The van der Waals surface area contributed by atoms with E-state index in [1.165, 1.54) is 7.11 Å². The molecule has 0 aliphatic carbocycles. The number of hydrogen-bond donors (Lipinski definition) is 1. The molecule has 0 amide bonds. The summed E-state index contributed by atoms with van der Waals surface area (Å²) in [5.74, 6) is 0.842. The Morgan fingerprint density at radius 2 is 2.00 bits per heavy atom. The van der Waals surface area contributed by atoms with E-state index in [4.69, 9.17) is 9.47 Å². The van der Waals surface area contributed by atoms with Crippen LogP contribution >= 0.6 is 0 Å². The van der Waals surface area contributed by atoms with E-state index in [9.17, 15) is 13.2 Å². The number of hydrogen-bond acceptors (Lipinski definition) is 4. The molecule has 0 spiro atoms. The van der Waals surface area contributed by atoms with Crippen LogP contribution in [0.1, 0.15) is 12.5 Å². The second kappa shape index (κ2) is 7.96. The Kier molecular flexibility index (Phi) is 6.60. The molecule has 0 fully saturated rings. The van der Waals surface area contributed by atoms with Crippen LogP contribution in [0.5, 0.6) is 11.5 Å². The van der Waals surface area contributed by atoms with E-state index in [1.807, 2.05) is 13.0 Å². The number of halogens is 3. The molecule has 4 nitrogen and oxygen atoms in total. The SMILES string of the molecule is CCNCc1cccc(OC)c1OCOCC(F)(F)F. The molecule has 0 bridgehead atoms. The first kappa shape index (κ1) is 16.6. The number of methoxy groups -OCH3 is 1. The first-order valence-corrected chi connectivity index (χ1v) is 6.11. The van der Waals surface area contributed by atoms with Gasteiger partial charge in [0.15, 0.2) is 18.3 Å². The van der Waals surface area contributed by atoms with Gasteiger partial charge >= 0.3 is 6.18 Å². The predicted octanol–water partition coefficient (Wildman–Crippen LogP) is 2.72. The molecule has 0 saturated carbocycles. The minimum atomic E-state index is -4.36. The van der Waals surface area contributed by atoms with E-state index in [0.717, 1.165) is 12.1 Å². The van der Waals surface area contributed by atoms with Gasteiger partial charge in [-0.3, -0.25) is 0 Å². The molecule has 1 rings (SSSR count). The van der Waals surface area contributed by atoms with Crippen molar-refractivity contribution in [2.75, 3.05) is 27.1 Å². The molecule has 7 heteroatoms. The monoisotopic (exact) mass is 293 g/mol. The average Bonchev–Trinajstić information content (AvgIpc) is 2.40. The molecule has 114 valence electrons. The van der Waals surface area contributed by atoms with Crippen LogP contribution in [0, 0.1) is 0 Å². The number of benzene rings is 1. The molecular formula is C13H18F3NO3. The highest BCUT2D eigenvalue weighted by Gasteiger charge is 2.27. The zero-order valence-corrected chi connectivity index (χ0v) is 11.4. The van der Waals surface area contributed by atoms with Crippen LogP contribution in [0.25, 0.3) is 0 Å². The third-order valence-corrected chi connectivity index (χ3v) is 2.40. The Bertz CT molecular complexity index is 410. The Morgan fingerprint density at radius 1 is 1.25 bits per heavy atom. The van der Waals surface area contributed by atoms with Crippen LogP contribution < -0.4 is 14.8 Å². The van der Waals surface area contributed by atoms with E-state index >= 15 is 0 Å². The van der Waals surface area contributed by atoms with Crippen molar-refractivity contribution < 1.29 is 27.4 Å². The predicted molar refractivity (Wildman–Crippen MR) is 67.9 cm³/mol. The molecule has 0 aromatic heterocycles. The molecule has 1 aromatic carbocycles. The first-order chi connectivity index (χ1) is 9.48. The molecular weight excluding hydrogens is 275 g/mol. The highest BCUT2D eigenvalue weighted by atomic mass is 19.4. The van der Waals surface area contributed by atoms with Crippen molar-refractivity contribution in [3.8, 4) is 11.5 Å². The summed E-state index contributed by atoms with van der Waals surface area (Å²) in [5.41, 5.74) is 0.793. The standard InChI is InChI=1S/C13H18F3NO3/c1-3-17-7-10-5-4-6-11(18-2)12(10)20-9-19-8-13(14,15)16/h4-6,17H,3,7-9H2,1-2H3. The summed E-state index contributed by atoms with van der Waals surface area (Å²) in [6, 6.07) is 5.27. The lowest BCUT2D eigenvalue weighted by Gasteiger charge is -2.15. The smallest absolute Gasteiger partial charge is 0.411 e. The molecule has 0 atom stereocenters. The summed E-state index contributed by atoms with van der Waals surface area (Å²) >= 11 is 0. The summed E-state index contributed by atoms with van der Waals surface area (Å²) < 4.78 is 50.7. The van der Waals surface area contributed by atoms with Gasteiger partial charge in [-0.05, 0) is 12.6 Å². The third-order valence-electron chi connectivity index (χ3n) is 2.40. The first-order valence-electron chi connectivity index (χ1n) is 6.11. The molecule has 1 aromatic rings. The highest BCUT2D eigenvalue weighted by molar-refractivity contribution is 5.46. The zero-order valence-electron chi connectivity index (χ0n) is 11.4. The van der Waals surface area contributed by atoms with Crippen LogP contribution in [0.4, 0.5) is 13.2 Å². The summed E-state index contributed by atoms with van der Waals surface area (Å²) in [6.45, 7) is 1.42. The van der Waals surface area contributed by atoms with Crippen molar-refractivity contribution in [2.45, 2.75) is 19.6 Å². The second-order valence-corrected chi connectivity index (χ2v) is 3.95. The lowest BCUT2D eigenvalue weighted by molar-refractivity contribution is -0.186. The Morgan fingerprint density at radius 3 is 2.60 bits per heavy atom. The fourth-order valence-electron chi connectivity index (χ4n) is 1.54. The van der Waals surface area contributed by atoms with Gasteiger partial charge in [0.05, 0.1) is 7.11 Å². The van der Waals surface area contributed by atoms with Crippen molar-refractivity contribution in [1.29, 1.82) is 0 Å². The molecule has 0 heterocycles. The maximum atomic E-state index is 12.0. The van der Waals surface area contributed by atoms with Gasteiger partial charge in [0.1, 0.15) is 6.61 Å². The van der Waals surface area contributed by atoms with Crippen molar-refractivity contribution in [3.05, 3.63) is 23.8 Å². The zero-order chi connectivity index (χ0) is 15.0. The number of alkyl halides is 3. The minimum Gasteiger partial charge on any atom is -0.493 e. The maximum Gasteiger partial charge on any atom is 0.411 e. The van der Waals surface area contributed by atoms with Gasteiger partial charge in [-0.1, -0.05) is 19.1 Å². The number of ether oxygens (including phenoxy) is 3. The fraction of sp³-hybridized carbons (Fsp3) is 0.538. The number of nitrogens with one attached hydrogen (secondary N) is 1. The van der Waals surface area contributed by atoms with Crippen LogP contribution in [0.15, 0.2) is 18.2 Å². The quantitative estimate of drug-likeness (QED) is 0.591. The Labute approximate surface area is 115 Å². The van der Waals surface area contributed by atoms with Crippen molar-refractivity contribution in [1.82, 2.24) is 5.32 Å². The topological polar surface area (TPSA) is 39.7 Å². The number of rotatable bonds is 8. The van der Waals surface area contributed by atoms with Crippen molar-refractivity contribution in [2.24, 2.45) is 0 Å². The minimum absolute atomic E-state index is 0.387. The Hall–Kier alpha value is -1.47. The van der Waals surface area contributed by atoms with Crippen LogP contribution in [0.3, 0.4) is 0 Å². The fourth-order valence-corrected chi connectivity index (χ4v) is 1.54. The van der Waals surface area contributed by atoms with Gasteiger partial charge in [-0.2, -0.15) is 13.2 Å². The average molecular weight is 293 g/mol. The molecule has 0 radical (unpaired) electrons. The van der Waals surface area contributed by atoms with E-state index in [2.05, 4.69) is 10.1 Å². The van der Waals surface area contributed by atoms with Gasteiger partial charge in [-0.25, -0.2) is 0 Å². The summed E-state index contributed by atoms with van der Waals surface area (Å²) in [6.07, 6.45) is -4.36. The van der Waals surface area contributed by atoms with E-state index in [-0.39, 0.29) is 0 Å². The van der Waals surface area contributed by atoms with Gasteiger partial charge < -0.3 is 19.5 Å². The molecule has 0 saturated heterocycles. The Balaban J connectivity index is 2.65. The lowest BCUT2D eigenvalue weighted by Crippen LogP contribution is -2.19. The maximum absolute atomic E-state index is 12.0. The van der Waals surface area contributed by atoms with E-state index < -0.39 is 19.6 Å². The molecule has 0 unspecified atom stereocenters. The van der Waals surface area contributed by atoms with E-state index in [0.29, 0.717) is 18.0 Å². The molecule has 20 heavy (non-hydrogen) atoms. The van der Waals surface area contributed by atoms with Crippen molar-refractivity contribution >= 4 is 0 Å². The van der Waals surface area contributed by atoms with Gasteiger partial charge in [0.2, 0.25) is 0 Å². The van der Waals surface area contributed by atoms with Gasteiger partial charge in [-0.15, -0.1) is 0 Å². The largest absolute Gasteiger partial charge is 0.493 e. The molecule has 0 aliphatic rings. The molecule has 1 N–H and O–H groups in total. The normalized spacial score (nSPS) is 11.4. The van der Waals surface area contributed by atoms with Gasteiger partial charge in [0, 0.05) is 12.1 Å². The molecule has 0 aliphatic heterocycles. The van der Waals surface area contributed by atoms with Gasteiger partial charge in [0.25, 0.3) is 0 Å². The van der Waals surface area contributed by atoms with Crippen LogP contribution in [-0.2, 0) is 11.3 Å². The summed E-state index contributed by atoms with van der Waals surface area (Å²) in [7, 11) is 1.47. The van der Waals surface area contributed by atoms with E-state index in [1.54, 1.807) is 12.1 Å². The summed E-state index contributed by atoms with van der Waals surface area (Å²) in [5, 5.41) is 3.11. The van der Waals surface area contributed by atoms with Crippen molar-refractivity contribution in [3.63, 3.8) is 0 Å². The third kappa shape index (κ3) is 5.66. The highest BCUT2D eigenvalue weighted by Crippen LogP contribution is 2.31. The number of para-hydroxylation sites is 1.